The van der Waals surface area contributed by atoms with Crippen molar-refractivity contribution in [2.75, 3.05) is 0 Å². The Bertz CT molecular complexity index is 479. The summed E-state index contributed by atoms with van der Waals surface area (Å²) in [7, 11) is 0. The van der Waals surface area contributed by atoms with Crippen LogP contribution in [0.5, 0.6) is 0 Å². The quantitative estimate of drug-likeness (QED) is 0.511. The predicted octanol–water partition coefficient (Wildman–Crippen LogP) is 3.43. The maximum absolute atomic E-state index is 13.2. The fourth-order valence-corrected chi connectivity index (χ4v) is 2.79. The van der Waals surface area contributed by atoms with Crippen molar-refractivity contribution in [3.63, 3.8) is 0 Å². The van der Waals surface area contributed by atoms with Crippen molar-refractivity contribution < 1.29 is 22.0 Å². The number of pyridine rings is 1. The number of halogens is 5. The molecule has 0 saturated heterocycles. The molecule has 8 heteroatoms. The van der Waals surface area contributed by atoms with Crippen molar-refractivity contribution in [3.8, 4) is 0 Å². The Kier molecular flexibility index (Phi) is 4.48. The number of aromatic nitrogens is 1. The average molecular weight is 309 g/mol. The van der Waals surface area contributed by atoms with Crippen molar-refractivity contribution in [1.82, 2.24) is 10.4 Å². The number of hydrogen-bond donors (Lipinski definition) is 2. The van der Waals surface area contributed by atoms with Gasteiger partial charge in [-0.15, -0.1) is 0 Å². The van der Waals surface area contributed by atoms with Crippen LogP contribution in [0.3, 0.4) is 0 Å². The summed E-state index contributed by atoms with van der Waals surface area (Å²) in [5.41, 5.74) is 1.41. The van der Waals surface area contributed by atoms with Gasteiger partial charge in [-0.2, -0.15) is 13.2 Å². The number of nitrogens with two attached hydrogens (primary N) is 1. The second kappa shape index (κ2) is 5.84. The van der Waals surface area contributed by atoms with Crippen LogP contribution in [0.15, 0.2) is 18.5 Å². The summed E-state index contributed by atoms with van der Waals surface area (Å²) in [6, 6.07) is 0.0309. The van der Waals surface area contributed by atoms with Gasteiger partial charge in [-0.3, -0.25) is 16.3 Å². The SMILES string of the molecule is NNC(c1cnccc1C(F)(F)F)C1CCC(F)(F)CC1. The summed E-state index contributed by atoms with van der Waals surface area (Å²) in [6.07, 6.45) is -2.82. The highest BCUT2D eigenvalue weighted by Gasteiger charge is 2.41. The van der Waals surface area contributed by atoms with Gasteiger partial charge >= 0.3 is 6.18 Å². The van der Waals surface area contributed by atoms with Crippen LogP contribution in [-0.2, 0) is 6.18 Å². The van der Waals surface area contributed by atoms with E-state index in [1.165, 1.54) is 0 Å². The van der Waals surface area contributed by atoms with Crippen LogP contribution in [0.1, 0.15) is 42.9 Å². The van der Waals surface area contributed by atoms with E-state index >= 15 is 0 Å². The molecule has 1 aliphatic rings. The molecule has 1 saturated carbocycles. The minimum Gasteiger partial charge on any atom is -0.271 e. The average Bonchev–Trinajstić information content (AvgIpc) is 2.41. The van der Waals surface area contributed by atoms with Crippen LogP contribution in [0, 0.1) is 5.92 Å². The lowest BCUT2D eigenvalue weighted by molar-refractivity contribution is -0.138. The number of alkyl halides is 5. The molecule has 3 nitrogen and oxygen atoms in total. The van der Waals surface area contributed by atoms with Gasteiger partial charge in [-0.25, -0.2) is 8.78 Å². The van der Waals surface area contributed by atoms with E-state index in [0.717, 1.165) is 18.5 Å². The fraction of sp³-hybridized carbons (Fsp3) is 0.615. The lowest BCUT2D eigenvalue weighted by atomic mass is 9.79. The Labute approximate surface area is 118 Å². The van der Waals surface area contributed by atoms with Crippen LogP contribution < -0.4 is 11.3 Å². The number of nitrogens with zero attached hydrogens (tertiary/aromatic N) is 1. The first-order valence-corrected chi connectivity index (χ1v) is 6.59. The summed E-state index contributed by atoms with van der Waals surface area (Å²) < 4.78 is 65.4. The molecule has 0 aromatic carbocycles. The summed E-state index contributed by atoms with van der Waals surface area (Å²) in [5, 5.41) is 0. The molecule has 2 rings (SSSR count). The zero-order chi connectivity index (χ0) is 15.7. The van der Waals surface area contributed by atoms with E-state index in [0.29, 0.717) is 0 Å². The highest BCUT2D eigenvalue weighted by Crippen LogP contribution is 2.43. The normalized spacial score (nSPS) is 21.2. The van der Waals surface area contributed by atoms with Crippen LogP contribution >= 0.6 is 0 Å². The highest BCUT2D eigenvalue weighted by molar-refractivity contribution is 5.30. The molecule has 0 radical (unpaired) electrons. The molecular weight excluding hydrogens is 293 g/mol. The molecule has 1 aliphatic carbocycles. The molecule has 3 N–H and O–H groups in total. The van der Waals surface area contributed by atoms with E-state index in [-0.39, 0.29) is 37.2 Å². The van der Waals surface area contributed by atoms with Crippen molar-refractivity contribution >= 4 is 0 Å². The third kappa shape index (κ3) is 3.68. The number of hydrazine groups is 1. The van der Waals surface area contributed by atoms with Gasteiger partial charge in [0.1, 0.15) is 0 Å². The Morgan fingerprint density at radius 2 is 1.90 bits per heavy atom. The molecule has 0 bridgehead atoms. The summed E-state index contributed by atoms with van der Waals surface area (Å²) in [6.45, 7) is 0. The van der Waals surface area contributed by atoms with Gasteiger partial charge < -0.3 is 0 Å². The minimum atomic E-state index is -4.54. The first-order valence-electron chi connectivity index (χ1n) is 6.59. The molecule has 1 aromatic rings. The molecule has 1 fully saturated rings. The van der Waals surface area contributed by atoms with Gasteiger partial charge in [0.05, 0.1) is 11.6 Å². The summed E-state index contributed by atoms with van der Waals surface area (Å²) >= 11 is 0. The Hall–Kier alpha value is -1.28. The van der Waals surface area contributed by atoms with Crippen LogP contribution in [0.4, 0.5) is 22.0 Å². The lowest BCUT2D eigenvalue weighted by Crippen LogP contribution is -2.38. The largest absolute Gasteiger partial charge is 0.416 e. The molecule has 1 unspecified atom stereocenters. The Morgan fingerprint density at radius 1 is 1.29 bits per heavy atom. The van der Waals surface area contributed by atoms with Gasteiger partial charge in [0.15, 0.2) is 0 Å². The zero-order valence-electron chi connectivity index (χ0n) is 11.1. The Morgan fingerprint density at radius 3 is 2.43 bits per heavy atom. The highest BCUT2D eigenvalue weighted by atomic mass is 19.4. The third-order valence-electron chi connectivity index (χ3n) is 3.91. The standard InChI is InChI=1S/C13H16F5N3/c14-12(15)4-1-8(2-5-12)11(21-19)9-7-20-6-3-10(9)13(16,17)18/h3,6-8,11,21H,1-2,4-5,19H2. The second-order valence-corrected chi connectivity index (χ2v) is 5.30. The molecule has 0 spiro atoms. The van der Waals surface area contributed by atoms with Crippen LogP contribution in [0.2, 0.25) is 0 Å². The molecule has 1 atom stereocenters. The smallest absolute Gasteiger partial charge is 0.271 e. The van der Waals surface area contributed by atoms with E-state index in [4.69, 9.17) is 5.84 Å². The number of rotatable bonds is 3. The molecule has 118 valence electrons. The monoisotopic (exact) mass is 309 g/mol. The van der Waals surface area contributed by atoms with Gasteiger partial charge in [0.2, 0.25) is 5.92 Å². The van der Waals surface area contributed by atoms with Gasteiger partial charge in [0.25, 0.3) is 0 Å². The van der Waals surface area contributed by atoms with Crippen molar-refractivity contribution in [3.05, 3.63) is 29.6 Å². The van der Waals surface area contributed by atoms with E-state index < -0.39 is 23.7 Å². The van der Waals surface area contributed by atoms with Crippen LogP contribution in [-0.4, -0.2) is 10.9 Å². The molecule has 1 heterocycles. The van der Waals surface area contributed by atoms with Gasteiger partial charge in [0, 0.05) is 30.8 Å². The van der Waals surface area contributed by atoms with E-state index in [1.54, 1.807) is 0 Å². The molecular formula is C13H16F5N3. The van der Waals surface area contributed by atoms with Crippen molar-refractivity contribution in [2.24, 2.45) is 11.8 Å². The summed E-state index contributed by atoms with van der Waals surface area (Å²) in [4.78, 5) is 3.71. The molecule has 0 amide bonds. The van der Waals surface area contributed by atoms with E-state index in [9.17, 15) is 22.0 Å². The second-order valence-electron chi connectivity index (χ2n) is 5.30. The third-order valence-corrected chi connectivity index (χ3v) is 3.91. The molecule has 1 aromatic heterocycles. The molecule has 21 heavy (non-hydrogen) atoms. The maximum Gasteiger partial charge on any atom is 0.416 e. The fourth-order valence-electron chi connectivity index (χ4n) is 2.79. The van der Waals surface area contributed by atoms with Gasteiger partial charge in [-0.05, 0) is 24.8 Å². The Balaban J connectivity index is 2.27. The lowest BCUT2D eigenvalue weighted by Gasteiger charge is -2.34. The number of nitrogens with one attached hydrogen (secondary N) is 1. The zero-order valence-corrected chi connectivity index (χ0v) is 11.1. The first kappa shape index (κ1) is 16.1. The maximum atomic E-state index is 13.2. The van der Waals surface area contributed by atoms with Gasteiger partial charge in [-0.1, -0.05) is 0 Å². The minimum absolute atomic E-state index is 0.0947. The first-order chi connectivity index (χ1) is 9.74. The van der Waals surface area contributed by atoms with E-state index in [2.05, 4.69) is 10.4 Å². The topological polar surface area (TPSA) is 50.9 Å². The van der Waals surface area contributed by atoms with Crippen molar-refractivity contribution in [1.29, 1.82) is 0 Å². The van der Waals surface area contributed by atoms with E-state index in [1.807, 2.05) is 0 Å². The number of hydrogen-bond acceptors (Lipinski definition) is 3. The predicted molar refractivity (Wildman–Crippen MR) is 66.2 cm³/mol. The van der Waals surface area contributed by atoms with Crippen LogP contribution in [0.25, 0.3) is 0 Å². The molecule has 0 aliphatic heterocycles. The van der Waals surface area contributed by atoms with Crippen molar-refractivity contribution in [2.45, 2.75) is 43.8 Å². The summed E-state index contributed by atoms with van der Waals surface area (Å²) in [5.74, 6) is 2.27.